The molecule has 0 spiro atoms. The van der Waals surface area contributed by atoms with Crippen LogP contribution in [0, 0.1) is 5.92 Å². The second-order valence-electron chi connectivity index (χ2n) is 4.57. The maximum absolute atomic E-state index is 10.4. The number of aliphatic hydroxyl groups is 1. The summed E-state index contributed by atoms with van der Waals surface area (Å²) in [6, 6.07) is 10.5. The van der Waals surface area contributed by atoms with Crippen LogP contribution in [0.5, 0.6) is 0 Å². The van der Waals surface area contributed by atoms with Crippen molar-refractivity contribution in [1.82, 2.24) is 0 Å². The van der Waals surface area contributed by atoms with E-state index in [1.807, 2.05) is 13.0 Å². The molecule has 1 heterocycles. The lowest BCUT2D eigenvalue weighted by Gasteiger charge is -2.20. The molecule has 1 unspecified atom stereocenters. The number of thiophene rings is 1. The van der Waals surface area contributed by atoms with E-state index < -0.39 is 5.60 Å². The summed E-state index contributed by atoms with van der Waals surface area (Å²) in [6.07, 6.45) is 2.34. The Morgan fingerprint density at radius 2 is 2.07 bits per heavy atom. The molecule has 1 aromatic heterocycles. The van der Waals surface area contributed by atoms with Crippen molar-refractivity contribution in [2.75, 3.05) is 0 Å². The molecule has 1 nitrogen and oxygen atoms in total. The van der Waals surface area contributed by atoms with Gasteiger partial charge in [-0.25, -0.2) is 0 Å². The Hall–Kier alpha value is -0.860. The van der Waals surface area contributed by atoms with Gasteiger partial charge in [-0.1, -0.05) is 18.2 Å². The molecule has 0 saturated heterocycles. The van der Waals surface area contributed by atoms with Gasteiger partial charge in [0.15, 0.2) is 0 Å². The van der Waals surface area contributed by atoms with Crippen molar-refractivity contribution in [3.8, 4) is 0 Å². The van der Waals surface area contributed by atoms with Gasteiger partial charge in [0.05, 0.1) is 5.60 Å². The Morgan fingerprint density at radius 3 is 2.73 bits per heavy atom. The van der Waals surface area contributed by atoms with Crippen LogP contribution in [0.1, 0.15) is 24.6 Å². The smallest absolute Gasteiger partial charge is 0.0988 e. The van der Waals surface area contributed by atoms with Crippen LogP contribution >= 0.6 is 11.3 Å². The molecule has 15 heavy (non-hydrogen) atoms. The summed E-state index contributed by atoms with van der Waals surface area (Å²) in [4.78, 5) is 1.12. The monoisotopic (exact) mass is 218 g/mol. The number of benzene rings is 1. The molecule has 2 heteroatoms. The van der Waals surface area contributed by atoms with E-state index >= 15 is 0 Å². The van der Waals surface area contributed by atoms with E-state index in [4.69, 9.17) is 0 Å². The zero-order valence-electron chi connectivity index (χ0n) is 8.73. The van der Waals surface area contributed by atoms with Crippen LogP contribution in [0.3, 0.4) is 0 Å². The minimum absolute atomic E-state index is 0.477. The fraction of sp³-hybridized carbons (Fsp3) is 0.385. The zero-order chi connectivity index (χ0) is 10.5. The summed E-state index contributed by atoms with van der Waals surface area (Å²) in [5.41, 5.74) is -0.607. The van der Waals surface area contributed by atoms with E-state index in [2.05, 4.69) is 24.3 Å². The minimum atomic E-state index is -0.607. The SMILES string of the molecule is CC(O)(c1cc2ccccc2s1)C1CC1. The molecule has 0 radical (unpaired) electrons. The Balaban J connectivity index is 2.11. The molecular formula is C13H14OS. The highest BCUT2D eigenvalue weighted by Crippen LogP contribution is 2.48. The zero-order valence-corrected chi connectivity index (χ0v) is 9.55. The van der Waals surface area contributed by atoms with E-state index in [1.165, 1.54) is 22.9 Å². The van der Waals surface area contributed by atoms with Crippen molar-refractivity contribution in [3.05, 3.63) is 35.2 Å². The normalized spacial score (nSPS) is 20.4. The van der Waals surface area contributed by atoms with Gasteiger partial charge in [-0.05, 0) is 43.2 Å². The first-order valence-electron chi connectivity index (χ1n) is 5.39. The highest BCUT2D eigenvalue weighted by molar-refractivity contribution is 7.19. The first kappa shape index (κ1) is 9.37. The minimum Gasteiger partial charge on any atom is -0.384 e. The molecule has 1 saturated carbocycles. The second-order valence-corrected chi connectivity index (χ2v) is 5.65. The number of hydrogen-bond acceptors (Lipinski definition) is 2. The summed E-state index contributed by atoms with van der Waals surface area (Å²) in [5.74, 6) is 0.477. The van der Waals surface area contributed by atoms with E-state index in [-0.39, 0.29) is 0 Å². The number of rotatable bonds is 2. The lowest BCUT2D eigenvalue weighted by molar-refractivity contribution is 0.0369. The Bertz CT molecular complexity index is 461. The molecule has 0 bridgehead atoms. The van der Waals surface area contributed by atoms with Crippen LogP contribution in [0.15, 0.2) is 30.3 Å². The quantitative estimate of drug-likeness (QED) is 0.817. The second kappa shape index (κ2) is 3.06. The fourth-order valence-corrected chi connectivity index (χ4v) is 3.27. The molecule has 1 fully saturated rings. The van der Waals surface area contributed by atoms with Crippen LogP contribution in [-0.2, 0) is 5.60 Å². The third kappa shape index (κ3) is 1.48. The molecule has 1 aromatic carbocycles. The average molecular weight is 218 g/mol. The van der Waals surface area contributed by atoms with Crippen molar-refractivity contribution < 1.29 is 5.11 Å². The highest BCUT2D eigenvalue weighted by Gasteiger charge is 2.42. The van der Waals surface area contributed by atoms with Gasteiger partial charge in [-0.3, -0.25) is 0 Å². The third-order valence-corrected chi connectivity index (χ3v) is 4.64. The van der Waals surface area contributed by atoms with Crippen LogP contribution in [0.4, 0.5) is 0 Å². The van der Waals surface area contributed by atoms with Gasteiger partial charge in [0, 0.05) is 9.58 Å². The molecule has 0 amide bonds. The van der Waals surface area contributed by atoms with Crippen LogP contribution in [-0.4, -0.2) is 5.11 Å². The van der Waals surface area contributed by atoms with E-state index in [1.54, 1.807) is 11.3 Å². The van der Waals surface area contributed by atoms with E-state index in [0.717, 1.165) is 4.88 Å². The van der Waals surface area contributed by atoms with Gasteiger partial charge < -0.3 is 5.11 Å². The number of hydrogen-bond donors (Lipinski definition) is 1. The van der Waals surface area contributed by atoms with E-state index in [0.29, 0.717) is 5.92 Å². The van der Waals surface area contributed by atoms with Crippen molar-refractivity contribution in [2.45, 2.75) is 25.4 Å². The first-order chi connectivity index (χ1) is 7.18. The summed E-state index contributed by atoms with van der Waals surface area (Å²) in [5, 5.41) is 11.7. The summed E-state index contributed by atoms with van der Waals surface area (Å²) >= 11 is 1.72. The van der Waals surface area contributed by atoms with Crippen LogP contribution < -0.4 is 0 Å². The maximum Gasteiger partial charge on any atom is 0.0988 e. The van der Waals surface area contributed by atoms with Gasteiger partial charge in [-0.15, -0.1) is 11.3 Å². The van der Waals surface area contributed by atoms with Crippen molar-refractivity contribution in [1.29, 1.82) is 0 Å². The lowest BCUT2D eigenvalue weighted by atomic mass is 9.98. The summed E-state index contributed by atoms with van der Waals surface area (Å²) in [7, 11) is 0. The van der Waals surface area contributed by atoms with Crippen LogP contribution in [0.2, 0.25) is 0 Å². The third-order valence-electron chi connectivity index (χ3n) is 3.30. The lowest BCUT2D eigenvalue weighted by Crippen LogP contribution is -2.21. The average Bonchev–Trinajstić information content (AvgIpc) is 2.97. The molecule has 1 N–H and O–H groups in total. The van der Waals surface area contributed by atoms with Gasteiger partial charge >= 0.3 is 0 Å². The maximum atomic E-state index is 10.4. The standard InChI is InChI=1S/C13H14OS/c1-13(14,10-6-7-10)12-8-9-4-2-3-5-11(9)15-12/h2-5,8,10,14H,6-7H2,1H3. The van der Waals surface area contributed by atoms with E-state index in [9.17, 15) is 5.11 Å². The number of fused-ring (bicyclic) bond motifs is 1. The molecular weight excluding hydrogens is 204 g/mol. The molecule has 78 valence electrons. The predicted octanol–water partition coefficient (Wildman–Crippen LogP) is 3.52. The largest absolute Gasteiger partial charge is 0.384 e. The molecule has 1 atom stereocenters. The fourth-order valence-electron chi connectivity index (χ4n) is 2.08. The van der Waals surface area contributed by atoms with Gasteiger partial charge in [0.25, 0.3) is 0 Å². The Morgan fingerprint density at radius 1 is 1.33 bits per heavy atom. The van der Waals surface area contributed by atoms with Gasteiger partial charge in [-0.2, -0.15) is 0 Å². The van der Waals surface area contributed by atoms with Gasteiger partial charge in [0.2, 0.25) is 0 Å². The van der Waals surface area contributed by atoms with Crippen molar-refractivity contribution >= 4 is 21.4 Å². The topological polar surface area (TPSA) is 20.2 Å². The van der Waals surface area contributed by atoms with Crippen molar-refractivity contribution in [3.63, 3.8) is 0 Å². The van der Waals surface area contributed by atoms with Crippen LogP contribution in [0.25, 0.3) is 10.1 Å². The summed E-state index contributed by atoms with van der Waals surface area (Å²) < 4.78 is 1.27. The summed E-state index contributed by atoms with van der Waals surface area (Å²) in [6.45, 7) is 1.95. The molecule has 0 aliphatic heterocycles. The van der Waals surface area contributed by atoms with Crippen molar-refractivity contribution in [2.24, 2.45) is 5.92 Å². The Labute approximate surface area is 93.4 Å². The molecule has 2 aromatic rings. The highest BCUT2D eigenvalue weighted by atomic mass is 32.1. The molecule has 1 aliphatic rings. The molecule has 3 rings (SSSR count). The Kier molecular flexibility index (Phi) is 1.91. The van der Waals surface area contributed by atoms with Gasteiger partial charge in [0.1, 0.15) is 0 Å². The molecule has 1 aliphatic carbocycles. The predicted molar refractivity (Wildman–Crippen MR) is 64.1 cm³/mol. The first-order valence-corrected chi connectivity index (χ1v) is 6.21.